The molecule has 1 atom stereocenters. The summed E-state index contributed by atoms with van der Waals surface area (Å²) in [5, 5.41) is 0. The van der Waals surface area contributed by atoms with Crippen LogP contribution in [0.3, 0.4) is 0 Å². The molecule has 108 valence electrons. The molecular weight excluding hydrogens is 266 g/mol. The van der Waals surface area contributed by atoms with Crippen LogP contribution in [-0.4, -0.2) is 25.2 Å². The molecule has 3 rings (SSSR count). The molecule has 0 unspecified atom stereocenters. The second kappa shape index (κ2) is 5.87. The minimum absolute atomic E-state index is 0.0850. The third-order valence-corrected chi connectivity index (χ3v) is 3.43. The van der Waals surface area contributed by atoms with Crippen LogP contribution in [0.2, 0.25) is 0 Å². The minimum Gasteiger partial charge on any atom is -0.485 e. The van der Waals surface area contributed by atoms with E-state index >= 15 is 0 Å². The maximum absolute atomic E-state index is 12.7. The Labute approximate surface area is 123 Å². The second-order valence-corrected chi connectivity index (χ2v) is 4.78. The van der Waals surface area contributed by atoms with E-state index in [2.05, 4.69) is 0 Å². The highest BCUT2D eigenvalue weighted by molar-refractivity contribution is 5.97. The summed E-state index contributed by atoms with van der Waals surface area (Å²) in [4.78, 5) is 14.4. The summed E-state index contributed by atoms with van der Waals surface area (Å²) < 4.78 is 11.4. The van der Waals surface area contributed by atoms with Gasteiger partial charge in [-0.15, -0.1) is 0 Å². The fraction of sp³-hybridized carbons (Fsp3) is 0.235. The lowest BCUT2D eigenvalue weighted by Crippen LogP contribution is -2.46. The molecule has 0 saturated carbocycles. The molecule has 0 spiro atoms. The van der Waals surface area contributed by atoms with Crippen LogP contribution in [-0.2, 0) is 4.79 Å². The maximum atomic E-state index is 12.7. The first-order chi connectivity index (χ1) is 10.3. The summed E-state index contributed by atoms with van der Waals surface area (Å²) >= 11 is 0. The lowest BCUT2D eigenvalue weighted by atomic mass is 10.2. The molecule has 1 amide bonds. The van der Waals surface area contributed by atoms with E-state index in [1.165, 1.54) is 0 Å². The van der Waals surface area contributed by atoms with E-state index in [9.17, 15) is 4.79 Å². The number of hydrogen-bond acceptors (Lipinski definition) is 3. The van der Waals surface area contributed by atoms with Crippen LogP contribution in [0, 0.1) is 0 Å². The Morgan fingerprint density at radius 1 is 1.10 bits per heavy atom. The van der Waals surface area contributed by atoms with Crippen LogP contribution < -0.4 is 14.4 Å². The molecule has 21 heavy (non-hydrogen) atoms. The van der Waals surface area contributed by atoms with Gasteiger partial charge in [0.1, 0.15) is 6.61 Å². The molecule has 2 aromatic rings. The first-order valence-corrected chi connectivity index (χ1v) is 7.04. The lowest BCUT2D eigenvalue weighted by Gasteiger charge is -2.30. The summed E-state index contributed by atoms with van der Waals surface area (Å²) in [6.45, 7) is 2.77. The third-order valence-electron chi connectivity index (χ3n) is 3.43. The number of nitrogens with zero attached hydrogens (tertiary/aromatic N) is 1. The molecule has 4 nitrogen and oxygen atoms in total. The average molecular weight is 283 g/mol. The number of rotatable bonds is 3. The molecule has 0 radical (unpaired) electrons. The fourth-order valence-electron chi connectivity index (χ4n) is 2.39. The number of likely N-dealkylation sites (N-methyl/N-ethyl adjacent to an activating group) is 1. The molecule has 0 bridgehead atoms. The van der Waals surface area contributed by atoms with Gasteiger partial charge in [0.15, 0.2) is 11.5 Å². The van der Waals surface area contributed by atoms with Crippen molar-refractivity contribution in [1.82, 2.24) is 0 Å². The van der Waals surface area contributed by atoms with E-state index in [-0.39, 0.29) is 12.5 Å². The van der Waals surface area contributed by atoms with E-state index in [1.54, 1.807) is 4.90 Å². The van der Waals surface area contributed by atoms with Gasteiger partial charge in [-0.05, 0) is 31.2 Å². The normalized spacial score (nSPS) is 16.3. The van der Waals surface area contributed by atoms with Crippen molar-refractivity contribution in [2.45, 2.75) is 13.0 Å². The van der Waals surface area contributed by atoms with E-state index in [0.29, 0.717) is 18.0 Å². The maximum Gasteiger partial charge on any atom is 0.271 e. The summed E-state index contributed by atoms with van der Waals surface area (Å²) in [5.41, 5.74) is 0.868. The number of benzene rings is 2. The predicted molar refractivity (Wildman–Crippen MR) is 80.8 cm³/mol. The van der Waals surface area contributed by atoms with Gasteiger partial charge in [-0.25, -0.2) is 0 Å². The predicted octanol–water partition coefficient (Wildman–Crippen LogP) is 2.88. The van der Waals surface area contributed by atoms with Crippen LogP contribution in [0.15, 0.2) is 54.6 Å². The first kappa shape index (κ1) is 13.5. The zero-order chi connectivity index (χ0) is 14.7. The SMILES string of the molecule is CCN(C(=O)[C@@H]1COc2ccccc2O1)c1ccccc1. The topological polar surface area (TPSA) is 38.8 Å². The van der Waals surface area contributed by atoms with Crippen molar-refractivity contribution < 1.29 is 14.3 Å². The number of hydrogen-bond donors (Lipinski definition) is 0. The van der Waals surface area contributed by atoms with Gasteiger partial charge in [-0.3, -0.25) is 4.79 Å². The van der Waals surface area contributed by atoms with Gasteiger partial charge >= 0.3 is 0 Å². The molecule has 4 heteroatoms. The van der Waals surface area contributed by atoms with Gasteiger partial charge in [0, 0.05) is 12.2 Å². The molecule has 0 fully saturated rings. The largest absolute Gasteiger partial charge is 0.485 e. The Hall–Kier alpha value is -2.49. The number of carbonyl (C=O) groups excluding carboxylic acids is 1. The highest BCUT2D eigenvalue weighted by atomic mass is 16.6. The molecule has 0 aliphatic carbocycles. The molecule has 0 saturated heterocycles. The van der Waals surface area contributed by atoms with Crippen molar-refractivity contribution in [1.29, 1.82) is 0 Å². The van der Waals surface area contributed by atoms with E-state index in [0.717, 1.165) is 5.69 Å². The number of fused-ring (bicyclic) bond motifs is 1. The highest BCUT2D eigenvalue weighted by Crippen LogP contribution is 2.31. The van der Waals surface area contributed by atoms with Crippen LogP contribution in [0.25, 0.3) is 0 Å². The first-order valence-electron chi connectivity index (χ1n) is 7.04. The standard InChI is InChI=1S/C17H17NO3/c1-2-18(13-8-4-3-5-9-13)17(19)16-12-20-14-10-6-7-11-15(14)21-16/h3-11,16H,2,12H2,1H3/t16-/m0/s1. The zero-order valence-electron chi connectivity index (χ0n) is 11.9. The van der Waals surface area contributed by atoms with Gasteiger partial charge in [-0.2, -0.15) is 0 Å². The van der Waals surface area contributed by atoms with Gasteiger partial charge in [0.05, 0.1) is 0 Å². The van der Waals surface area contributed by atoms with Crippen LogP contribution in [0.1, 0.15) is 6.92 Å². The molecule has 2 aromatic carbocycles. The Kier molecular flexibility index (Phi) is 3.77. The van der Waals surface area contributed by atoms with Gasteiger partial charge < -0.3 is 14.4 Å². The molecule has 1 aliphatic heterocycles. The van der Waals surface area contributed by atoms with Crippen molar-refractivity contribution in [2.75, 3.05) is 18.1 Å². The average Bonchev–Trinajstić information content (AvgIpc) is 2.56. The summed E-state index contributed by atoms with van der Waals surface area (Å²) in [5.74, 6) is 1.22. The number of ether oxygens (including phenoxy) is 2. The van der Waals surface area contributed by atoms with Gasteiger partial charge in [-0.1, -0.05) is 30.3 Å². The summed E-state index contributed by atoms with van der Waals surface area (Å²) in [6, 6.07) is 17.0. The zero-order valence-corrected chi connectivity index (χ0v) is 11.9. The van der Waals surface area contributed by atoms with Crippen LogP contribution in [0.4, 0.5) is 5.69 Å². The molecule has 1 aliphatic rings. The summed E-state index contributed by atoms with van der Waals surface area (Å²) in [6.07, 6.45) is -0.611. The Balaban J connectivity index is 1.79. The second-order valence-electron chi connectivity index (χ2n) is 4.78. The molecule has 1 heterocycles. The number of carbonyl (C=O) groups is 1. The molecule has 0 N–H and O–H groups in total. The van der Waals surface area contributed by atoms with Gasteiger partial charge in [0.2, 0.25) is 6.10 Å². The van der Waals surface area contributed by atoms with Crippen molar-refractivity contribution in [3.63, 3.8) is 0 Å². The quantitative estimate of drug-likeness (QED) is 0.869. The highest BCUT2D eigenvalue weighted by Gasteiger charge is 2.31. The number of para-hydroxylation sites is 3. The monoisotopic (exact) mass is 283 g/mol. The smallest absolute Gasteiger partial charge is 0.271 e. The van der Waals surface area contributed by atoms with Crippen molar-refractivity contribution in [3.05, 3.63) is 54.6 Å². The Morgan fingerprint density at radius 3 is 2.48 bits per heavy atom. The number of amides is 1. The van der Waals surface area contributed by atoms with Crippen molar-refractivity contribution in [3.8, 4) is 11.5 Å². The van der Waals surface area contributed by atoms with Crippen LogP contribution >= 0.6 is 0 Å². The Bertz CT molecular complexity index is 627. The van der Waals surface area contributed by atoms with Crippen LogP contribution in [0.5, 0.6) is 11.5 Å². The fourth-order valence-corrected chi connectivity index (χ4v) is 2.39. The van der Waals surface area contributed by atoms with Crippen molar-refractivity contribution in [2.24, 2.45) is 0 Å². The van der Waals surface area contributed by atoms with Gasteiger partial charge in [0.25, 0.3) is 5.91 Å². The summed E-state index contributed by atoms with van der Waals surface area (Å²) in [7, 11) is 0. The minimum atomic E-state index is -0.611. The van der Waals surface area contributed by atoms with E-state index in [4.69, 9.17) is 9.47 Å². The third kappa shape index (κ3) is 2.70. The van der Waals surface area contributed by atoms with E-state index in [1.807, 2.05) is 61.5 Å². The van der Waals surface area contributed by atoms with E-state index < -0.39 is 6.10 Å². The Morgan fingerprint density at radius 2 is 1.76 bits per heavy atom. The molecular formula is C17H17NO3. The molecule has 0 aromatic heterocycles. The lowest BCUT2D eigenvalue weighted by molar-refractivity contribution is -0.127. The van der Waals surface area contributed by atoms with Crippen molar-refractivity contribution >= 4 is 11.6 Å². The number of anilines is 1.